The van der Waals surface area contributed by atoms with Crippen LogP contribution in [0.1, 0.15) is 168 Å². The lowest BCUT2D eigenvalue weighted by Crippen LogP contribution is -2.30. The molecule has 1 saturated carbocycles. The summed E-state index contributed by atoms with van der Waals surface area (Å²) >= 11 is 0. The average molecular weight is 661 g/mol. The third-order valence-corrected chi connectivity index (χ3v) is 9.97. The topological polar surface area (TPSA) is 137 Å². The van der Waals surface area contributed by atoms with Crippen molar-refractivity contribution in [3.63, 3.8) is 0 Å². The molecule has 9 nitrogen and oxygen atoms in total. The van der Waals surface area contributed by atoms with E-state index in [1.807, 2.05) is 0 Å². The Morgan fingerprint density at radius 1 is 0.778 bits per heavy atom. The molecule has 0 aromatic carbocycles. The van der Waals surface area contributed by atoms with Crippen LogP contribution in [-0.2, 0) is 32.7 Å². The fourth-order valence-corrected chi connectivity index (χ4v) is 6.32. The molecular weight excluding hydrogens is 593 g/mol. The first-order valence-electron chi connectivity index (χ1n) is 18.4. The van der Waals surface area contributed by atoms with Crippen molar-refractivity contribution in [2.45, 2.75) is 174 Å². The lowest BCUT2D eigenvalue weighted by atomic mass is 9.81. The maximum Gasteiger partial charge on any atom is 0.306 e. The van der Waals surface area contributed by atoms with E-state index >= 15 is 0 Å². The highest BCUT2D eigenvalue weighted by molar-refractivity contribution is 7.45. The molecule has 0 saturated heterocycles. The second-order valence-electron chi connectivity index (χ2n) is 13.2. The van der Waals surface area contributed by atoms with Gasteiger partial charge in [0.05, 0.1) is 13.2 Å². The summed E-state index contributed by atoms with van der Waals surface area (Å²) in [4.78, 5) is 36.7. The van der Waals surface area contributed by atoms with Gasteiger partial charge < -0.3 is 29.1 Å². The Balaban J connectivity index is 2.21. The number of rotatable bonds is 32. The number of hydrogen-bond acceptors (Lipinski definition) is 9. The van der Waals surface area contributed by atoms with Gasteiger partial charge in [-0.15, -0.1) is 0 Å². The normalized spacial score (nSPS) is 16.1. The predicted molar refractivity (Wildman–Crippen MR) is 179 cm³/mol. The maximum atomic E-state index is 12.5. The highest BCUT2D eigenvalue weighted by Gasteiger charge is 2.21. The molecule has 2 unspecified atom stereocenters. The maximum absolute atomic E-state index is 12.5. The van der Waals surface area contributed by atoms with E-state index in [1.165, 1.54) is 103 Å². The highest BCUT2D eigenvalue weighted by atomic mass is 31.2. The zero-order chi connectivity index (χ0) is 33.0. The summed E-state index contributed by atoms with van der Waals surface area (Å²) in [7, 11) is -4.61. The highest BCUT2D eigenvalue weighted by Crippen LogP contribution is 2.38. The van der Waals surface area contributed by atoms with Crippen LogP contribution in [0.15, 0.2) is 0 Å². The fraction of sp³-hybridized carbons (Fsp3) is 0.943. The molecule has 0 bridgehead atoms. The van der Waals surface area contributed by atoms with Gasteiger partial charge in [0.2, 0.25) is 0 Å². The molecule has 0 aromatic rings. The summed E-state index contributed by atoms with van der Waals surface area (Å²) in [5, 5.41) is 0. The van der Waals surface area contributed by atoms with Crippen LogP contribution in [0.2, 0.25) is 0 Å². The fourth-order valence-electron chi connectivity index (χ4n) is 5.57. The van der Waals surface area contributed by atoms with E-state index in [-0.39, 0.29) is 32.6 Å². The smallest absolute Gasteiger partial charge is 0.306 e. The number of phosphoric acid groups is 1. The van der Waals surface area contributed by atoms with Gasteiger partial charge in [0, 0.05) is 19.4 Å². The lowest BCUT2D eigenvalue weighted by Gasteiger charge is -2.25. The Bertz CT molecular complexity index is 779. The zero-order valence-corrected chi connectivity index (χ0v) is 29.7. The number of ether oxygens (including phenoxy) is 2. The summed E-state index contributed by atoms with van der Waals surface area (Å²) in [5.74, 6) is 0.974. The van der Waals surface area contributed by atoms with Crippen molar-refractivity contribution in [1.29, 1.82) is 0 Å². The standard InChI is InChI=1S/C35H68NO8P/c1-3-31(2)21-16-12-8-4-6-10-14-18-25-34(37)41-29-33(30-43-45(39,40)42-28-27-36)44-35(38)26-19-15-11-7-5-9-13-17-22-32-23-20-24-32/h31-33H,3-30,36H2,1-2H3,(H,39,40)/p-1/t31?,33-/m0/s1. The van der Waals surface area contributed by atoms with Gasteiger partial charge in [-0.25, -0.2) is 0 Å². The van der Waals surface area contributed by atoms with E-state index in [9.17, 15) is 19.0 Å². The van der Waals surface area contributed by atoms with E-state index in [1.54, 1.807) is 0 Å². The number of carbonyl (C=O) groups excluding carboxylic acids is 2. The van der Waals surface area contributed by atoms with E-state index in [4.69, 9.17) is 19.7 Å². The second-order valence-corrected chi connectivity index (χ2v) is 14.6. The van der Waals surface area contributed by atoms with Crippen molar-refractivity contribution in [3.8, 4) is 0 Å². The van der Waals surface area contributed by atoms with E-state index in [2.05, 4.69) is 18.4 Å². The second kappa shape index (κ2) is 28.1. The van der Waals surface area contributed by atoms with Gasteiger partial charge in [-0.1, -0.05) is 142 Å². The summed E-state index contributed by atoms with van der Waals surface area (Å²) in [6.07, 6.45) is 25.9. The molecule has 0 radical (unpaired) electrons. The molecule has 1 fully saturated rings. The Hall–Kier alpha value is -0.990. The predicted octanol–water partition coefficient (Wildman–Crippen LogP) is 8.55. The number of hydrogen-bond donors (Lipinski definition) is 1. The average Bonchev–Trinajstić information content (AvgIpc) is 3.00. The summed E-state index contributed by atoms with van der Waals surface area (Å²) < 4.78 is 32.2. The molecule has 3 atom stereocenters. The van der Waals surface area contributed by atoms with E-state index < -0.39 is 32.5 Å². The summed E-state index contributed by atoms with van der Waals surface area (Å²) in [6, 6.07) is 0. The molecule has 0 aromatic heterocycles. The third kappa shape index (κ3) is 25.7. The van der Waals surface area contributed by atoms with Crippen molar-refractivity contribution >= 4 is 19.8 Å². The Labute approximate surface area is 275 Å². The summed E-state index contributed by atoms with van der Waals surface area (Å²) in [6.45, 7) is 3.63. The molecule has 45 heavy (non-hydrogen) atoms. The van der Waals surface area contributed by atoms with Crippen molar-refractivity contribution in [2.75, 3.05) is 26.4 Å². The Morgan fingerprint density at radius 3 is 1.84 bits per heavy atom. The van der Waals surface area contributed by atoms with Gasteiger partial charge in [-0.3, -0.25) is 14.2 Å². The van der Waals surface area contributed by atoms with Crippen LogP contribution < -0.4 is 10.6 Å². The minimum Gasteiger partial charge on any atom is -0.756 e. The molecule has 266 valence electrons. The first-order valence-corrected chi connectivity index (χ1v) is 19.9. The van der Waals surface area contributed by atoms with Crippen LogP contribution in [0.4, 0.5) is 0 Å². The third-order valence-electron chi connectivity index (χ3n) is 9.01. The lowest BCUT2D eigenvalue weighted by molar-refractivity contribution is -0.228. The number of phosphoric ester groups is 1. The number of nitrogens with two attached hydrogens (primary N) is 1. The van der Waals surface area contributed by atoms with Crippen molar-refractivity contribution in [2.24, 2.45) is 17.6 Å². The zero-order valence-electron chi connectivity index (χ0n) is 28.8. The number of carbonyl (C=O) groups is 2. The molecule has 0 heterocycles. The minimum atomic E-state index is -4.61. The molecule has 1 rings (SSSR count). The minimum absolute atomic E-state index is 0.0183. The van der Waals surface area contributed by atoms with Gasteiger partial charge in [-0.2, -0.15) is 0 Å². The van der Waals surface area contributed by atoms with Crippen LogP contribution >= 0.6 is 7.82 Å². The van der Waals surface area contributed by atoms with Crippen molar-refractivity contribution < 1.29 is 37.6 Å². The van der Waals surface area contributed by atoms with Crippen LogP contribution in [0.25, 0.3) is 0 Å². The molecule has 1 aliphatic carbocycles. The van der Waals surface area contributed by atoms with Gasteiger partial charge in [0.1, 0.15) is 6.61 Å². The van der Waals surface area contributed by atoms with Crippen molar-refractivity contribution in [1.82, 2.24) is 0 Å². The molecular formula is C35H67NO8P-. The first-order chi connectivity index (χ1) is 21.8. The molecule has 2 N–H and O–H groups in total. The van der Waals surface area contributed by atoms with E-state index in [0.717, 1.165) is 43.9 Å². The van der Waals surface area contributed by atoms with Gasteiger partial charge in [0.15, 0.2) is 6.10 Å². The van der Waals surface area contributed by atoms with Crippen LogP contribution in [0, 0.1) is 11.8 Å². The van der Waals surface area contributed by atoms with Crippen LogP contribution in [0.3, 0.4) is 0 Å². The first kappa shape index (κ1) is 42.0. The van der Waals surface area contributed by atoms with E-state index in [0.29, 0.717) is 6.42 Å². The number of esters is 2. The number of unbranched alkanes of at least 4 members (excludes halogenated alkanes) is 14. The SMILES string of the molecule is CCC(C)CCCCCCCCCCC(=O)OC[C@@H](COP(=O)([O-])OCCN)OC(=O)CCCCCCCCCCC1CCC1. The molecule has 0 spiro atoms. The quantitative estimate of drug-likeness (QED) is 0.0427. The van der Waals surface area contributed by atoms with Crippen LogP contribution in [-0.4, -0.2) is 44.4 Å². The largest absolute Gasteiger partial charge is 0.756 e. The Kier molecular flexibility index (Phi) is 26.2. The van der Waals surface area contributed by atoms with Crippen molar-refractivity contribution in [3.05, 3.63) is 0 Å². The molecule has 0 amide bonds. The van der Waals surface area contributed by atoms with Gasteiger partial charge in [0.25, 0.3) is 7.82 Å². The van der Waals surface area contributed by atoms with Crippen LogP contribution in [0.5, 0.6) is 0 Å². The van der Waals surface area contributed by atoms with Gasteiger partial charge in [-0.05, 0) is 24.7 Å². The van der Waals surface area contributed by atoms with Gasteiger partial charge >= 0.3 is 11.9 Å². The Morgan fingerprint density at radius 2 is 1.31 bits per heavy atom. The molecule has 10 heteroatoms. The molecule has 1 aliphatic rings. The monoisotopic (exact) mass is 660 g/mol. The molecule has 0 aliphatic heterocycles. The summed E-state index contributed by atoms with van der Waals surface area (Å²) in [5.41, 5.74) is 5.30.